The molecular formula is C36H54N6O7. The summed E-state index contributed by atoms with van der Waals surface area (Å²) in [5, 5.41) is 11.2. The number of primary amides is 1. The molecule has 1 aromatic carbocycles. The summed E-state index contributed by atoms with van der Waals surface area (Å²) in [6, 6.07) is 5.28. The Morgan fingerprint density at radius 1 is 1.00 bits per heavy atom. The molecule has 1 aromatic rings. The van der Waals surface area contributed by atoms with E-state index >= 15 is 0 Å². The molecule has 0 spiro atoms. The number of nitrogens with two attached hydrogens (primary N) is 1. The zero-order valence-corrected chi connectivity index (χ0v) is 29.8. The average molecular weight is 683 g/mol. The second-order valence-corrected chi connectivity index (χ2v) is 15.9. The number of ether oxygens (including phenoxy) is 1. The second kappa shape index (κ2) is 15.2. The number of nitrogens with one attached hydrogen (secondary N) is 4. The highest BCUT2D eigenvalue weighted by molar-refractivity contribution is 6.37. The Kier molecular flexibility index (Phi) is 11.7. The summed E-state index contributed by atoms with van der Waals surface area (Å²) < 4.78 is 5.29. The van der Waals surface area contributed by atoms with Gasteiger partial charge in [-0.05, 0) is 46.5 Å². The van der Waals surface area contributed by atoms with Gasteiger partial charge in [0.25, 0.3) is 5.91 Å². The molecule has 13 nitrogen and oxygen atoms in total. The van der Waals surface area contributed by atoms with E-state index in [2.05, 4.69) is 35.1 Å². The molecule has 1 aliphatic heterocycles. The van der Waals surface area contributed by atoms with E-state index in [4.69, 9.17) is 10.5 Å². The Labute approximate surface area is 289 Å². The number of carbonyl (C=O) groups excluding carboxylic acids is 6. The van der Waals surface area contributed by atoms with Crippen molar-refractivity contribution in [2.75, 3.05) is 13.1 Å². The van der Waals surface area contributed by atoms with Gasteiger partial charge in [-0.15, -0.1) is 0 Å². The number of rotatable bonds is 14. The van der Waals surface area contributed by atoms with Crippen molar-refractivity contribution in [1.82, 2.24) is 26.2 Å². The number of benzene rings is 1. The van der Waals surface area contributed by atoms with Gasteiger partial charge in [-0.3, -0.25) is 19.2 Å². The summed E-state index contributed by atoms with van der Waals surface area (Å²) >= 11 is 0. The predicted molar refractivity (Wildman–Crippen MR) is 183 cm³/mol. The summed E-state index contributed by atoms with van der Waals surface area (Å²) in [5.74, 6) is -2.77. The first-order chi connectivity index (χ1) is 22.9. The van der Waals surface area contributed by atoms with Crippen LogP contribution in [-0.4, -0.2) is 77.8 Å². The molecule has 0 bridgehead atoms. The van der Waals surface area contributed by atoms with Crippen molar-refractivity contribution >= 4 is 35.6 Å². The summed E-state index contributed by atoms with van der Waals surface area (Å²) in [6.45, 7) is 13.9. The lowest BCUT2D eigenvalue weighted by Gasteiger charge is -2.38. The van der Waals surface area contributed by atoms with Gasteiger partial charge in [0.05, 0.1) is 12.1 Å². The van der Waals surface area contributed by atoms with Gasteiger partial charge in [0.2, 0.25) is 17.6 Å². The van der Waals surface area contributed by atoms with Crippen molar-refractivity contribution in [3.63, 3.8) is 0 Å². The summed E-state index contributed by atoms with van der Waals surface area (Å²) in [4.78, 5) is 80.1. The molecule has 270 valence electrons. The van der Waals surface area contributed by atoms with Crippen molar-refractivity contribution in [2.24, 2.45) is 40.2 Å². The van der Waals surface area contributed by atoms with E-state index in [-0.39, 0.29) is 42.2 Å². The van der Waals surface area contributed by atoms with E-state index in [1.165, 1.54) is 4.90 Å². The lowest BCUT2D eigenvalue weighted by Crippen LogP contribution is -2.62. The Hall–Kier alpha value is -4.16. The van der Waals surface area contributed by atoms with Crippen LogP contribution in [0.15, 0.2) is 30.3 Å². The van der Waals surface area contributed by atoms with E-state index in [9.17, 15) is 28.8 Å². The maximum atomic E-state index is 14.3. The fourth-order valence-corrected chi connectivity index (χ4v) is 7.11. The van der Waals surface area contributed by atoms with Gasteiger partial charge in [-0.25, -0.2) is 9.59 Å². The molecule has 1 unspecified atom stereocenters. The molecule has 49 heavy (non-hydrogen) atoms. The number of alkyl carbamates (subject to hydrolysis) is 1. The smallest absolute Gasteiger partial charge is 0.407 e. The number of Topliss-reactive ketones (excluding diaryl/α,β-unsaturated/α-hetero) is 1. The van der Waals surface area contributed by atoms with E-state index in [1.807, 2.05) is 65.0 Å². The number of nitrogens with zero attached hydrogens (tertiary/aromatic N) is 1. The van der Waals surface area contributed by atoms with E-state index in [1.54, 1.807) is 0 Å². The van der Waals surface area contributed by atoms with E-state index < -0.39 is 65.2 Å². The van der Waals surface area contributed by atoms with Gasteiger partial charge in [0, 0.05) is 13.1 Å². The number of fused-ring (bicyclic) bond motifs is 1. The van der Waals surface area contributed by atoms with E-state index in [0.717, 1.165) is 24.8 Å². The van der Waals surface area contributed by atoms with Crippen molar-refractivity contribution in [2.45, 2.75) is 105 Å². The molecule has 1 saturated heterocycles. The minimum atomic E-state index is -1.10. The summed E-state index contributed by atoms with van der Waals surface area (Å²) in [5.41, 5.74) is 5.25. The van der Waals surface area contributed by atoms with Crippen LogP contribution in [0.25, 0.3) is 0 Å². The topological polar surface area (TPSA) is 189 Å². The third kappa shape index (κ3) is 9.10. The van der Waals surface area contributed by atoms with Crippen molar-refractivity contribution in [1.29, 1.82) is 0 Å². The molecule has 13 heteroatoms. The lowest BCUT2D eigenvalue weighted by atomic mass is 9.80. The maximum absolute atomic E-state index is 14.3. The Bertz CT molecular complexity index is 1400. The second-order valence-electron chi connectivity index (χ2n) is 15.9. The largest absolute Gasteiger partial charge is 0.445 e. The predicted octanol–water partition coefficient (Wildman–Crippen LogP) is 2.86. The molecule has 2 aliphatic carbocycles. The highest BCUT2D eigenvalue weighted by atomic mass is 16.5. The zero-order chi connectivity index (χ0) is 36.3. The van der Waals surface area contributed by atoms with Gasteiger partial charge in [0.15, 0.2) is 0 Å². The Balaban J connectivity index is 1.42. The number of piperidine rings is 1. The van der Waals surface area contributed by atoms with Crippen LogP contribution in [0.1, 0.15) is 79.7 Å². The molecule has 1 heterocycles. The molecule has 0 aromatic heterocycles. The fourth-order valence-electron chi connectivity index (χ4n) is 7.11. The van der Waals surface area contributed by atoms with Crippen molar-refractivity contribution < 1.29 is 33.5 Å². The minimum Gasteiger partial charge on any atom is -0.445 e. The molecule has 6 amide bonds. The van der Waals surface area contributed by atoms with Crippen LogP contribution in [-0.2, 0) is 30.5 Å². The highest BCUT2D eigenvalue weighted by Crippen LogP contribution is 2.65. The first-order valence-corrected chi connectivity index (χ1v) is 17.4. The molecule has 4 rings (SSSR count). The fraction of sp³-hybridized carbons (Fsp3) is 0.667. The van der Waals surface area contributed by atoms with Crippen LogP contribution in [0.3, 0.4) is 0 Å². The average Bonchev–Trinajstić information content (AvgIpc) is 3.32. The summed E-state index contributed by atoms with van der Waals surface area (Å²) in [7, 11) is 0. The van der Waals surface area contributed by atoms with Crippen LogP contribution in [0.4, 0.5) is 9.59 Å². The van der Waals surface area contributed by atoms with Gasteiger partial charge in [0.1, 0.15) is 18.7 Å². The van der Waals surface area contributed by atoms with Gasteiger partial charge in [-0.1, -0.05) is 98.1 Å². The first-order valence-electron chi connectivity index (χ1n) is 17.4. The van der Waals surface area contributed by atoms with Gasteiger partial charge in [-0.2, -0.15) is 0 Å². The highest BCUT2D eigenvalue weighted by Gasteiger charge is 2.70. The minimum absolute atomic E-state index is 0.0663. The number of hydrogen-bond acceptors (Lipinski definition) is 7. The number of hydrogen-bond donors (Lipinski definition) is 5. The van der Waals surface area contributed by atoms with Crippen LogP contribution in [0.5, 0.6) is 0 Å². The van der Waals surface area contributed by atoms with Crippen LogP contribution >= 0.6 is 0 Å². The monoisotopic (exact) mass is 682 g/mol. The number of carbonyl (C=O) groups is 6. The normalized spacial score (nSPS) is 22.9. The maximum Gasteiger partial charge on any atom is 0.407 e. The molecular weight excluding hydrogens is 628 g/mol. The number of urea groups is 1. The Morgan fingerprint density at radius 3 is 2.20 bits per heavy atom. The molecule has 6 atom stereocenters. The number of amides is 6. The zero-order valence-electron chi connectivity index (χ0n) is 29.8. The Morgan fingerprint density at radius 2 is 1.65 bits per heavy atom. The third-order valence-corrected chi connectivity index (χ3v) is 10.6. The lowest BCUT2D eigenvalue weighted by molar-refractivity contribution is -0.145. The van der Waals surface area contributed by atoms with Crippen molar-refractivity contribution in [3.8, 4) is 0 Å². The van der Waals surface area contributed by atoms with E-state index in [0.29, 0.717) is 13.0 Å². The van der Waals surface area contributed by atoms with Crippen molar-refractivity contribution in [3.05, 3.63) is 35.9 Å². The molecule has 3 fully saturated rings. The number of likely N-dealkylation sites (tertiary alicyclic amines) is 1. The molecule has 0 radical (unpaired) electrons. The first kappa shape index (κ1) is 37.7. The van der Waals surface area contributed by atoms with Gasteiger partial charge >= 0.3 is 12.1 Å². The SMILES string of the molecule is CC(C)[C@H](CNC(=O)OCc1ccccc1)NC(=O)N[C@H](C(=O)N1C[C@H]2[C@@H]([C@H]1C(=O)NC(CC1CCC1)C(=O)C(N)=O)C2(C)C)C(C)(C)C. The molecule has 6 N–H and O–H groups in total. The van der Waals surface area contributed by atoms with Gasteiger partial charge < -0.3 is 36.6 Å². The van der Waals surface area contributed by atoms with Crippen LogP contribution in [0.2, 0.25) is 0 Å². The van der Waals surface area contributed by atoms with Crippen LogP contribution < -0.4 is 27.0 Å². The third-order valence-electron chi connectivity index (χ3n) is 10.6. The number of ketones is 1. The van der Waals surface area contributed by atoms with Crippen LogP contribution in [0, 0.1) is 34.5 Å². The molecule has 3 aliphatic rings. The quantitative estimate of drug-likeness (QED) is 0.187. The summed E-state index contributed by atoms with van der Waals surface area (Å²) in [6.07, 6.45) is 2.57. The standard InChI is InChI=1S/C36H54N6O7/c1-20(2)25(17-38-34(48)49-19-22-12-9-8-10-13-22)40-33(47)41-29(35(3,4)5)32(46)42-18-23-26(36(23,6)7)27(42)31(45)39-24(28(43)30(37)44)16-21-14-11-15-21/h8-10,12-13,20-21,23-27,29H,11,14-19H2,1-7H3,(H2,37,44)(H,38,48)(H,39,45)(H2,40,41,47)/t23-,24?,25-,26-,27-,29+/m0/s1. The molecule has 2 saturated carbocycles.